The first kappa shape index (κ1) is 16.1. The van der Waals surface area contributed by atoms with Gasteiger partial charge in [0.2, 0.25) is 0 Å². The second-order valence-corrected chi connectivity index (χ2v) is 7.49. The molecule has 1 aliphatic carbocycles. The molecule has 1 saturated carbocycles. The Morgan fingerprint density at radius 3 is 2.33 bits per heavy atom. The Hall–Kier alpha value is 0. The van der Waals surface area contributed by atoms with E-state index in [0.29, 0.717) is 0 Å². The van der Waals surface area contributed by atoms with Gasteiger partial charge in [0.05, 0.1) is 0 Å². The normalized spacial score (nSPS) is 28.3. The molecule has 1 fully saturated rings. The minimum absolute atomic E-state index is 0.870. The van der Waals surface area contributed by atoms with Crippen LogP contribution in [0.1, 0.15) is 86.0 Å². The lowest BCUT2D eigenvalue weighted by Gasteiger charge is -2.33. The van der Waals surface area contributed by atoms with Gasteiger partial charge in [-0.3, -0.25) is 0 Å². The van der Waals surface area contributed by atoms with E-state index in [2.05, 4.69) is 34.6 Å². The molecule has 0 aliphatic heterocycles. The Balaban J connectivity index is 2.25. The standard InChI is InChI=1S/C18H36/c1-6-17-8-7-9-18(13-17)16(5)11-10-15(4)12-14(2)3/h14-18H,6-13H2,1-5H3. The zero-order valence-electron chi connectivity index (χ0n) is 13.5. The quantitative estimate of drug-likeness (QED) is 0.498. The van der Waals surface area contributed by atoms with Crippen LogP contribution in [0.2, 0.25) is 0 Å². The molecule has 18 heavy (non-hydrogen) atoms. The van der Waals surface area contributed by atoms with Crippen molar-refractivity contribution in [1.82, 2.24) is 0 Å². The highest BCUT2D eigenvalue weighted by molar-refractivity contribution is 4.76. The van der Waals surface area contributed by atoms with E-state index in [0.717, 1.165) is 29.6 Å². The van der Waals surface area contributed by atoms with Crippen molar-refractivity contribution in [3.8, 4) is 0 Å². The maximum Gasteiger partial charge on any atom is -0.0386 e. The lowest BCUT2D eigenvalue weighted by Crippen LogP contribution is -2.21. The van der Waals surface area contributed by atoms with Gasteiger partial charge in [0.15, 0.2) is 0 Å². The fourth-order valence-electron chi connectivity index (χ4n) is 3.93. The molecule has 0 bridgehead atoms. The van der Waals surface area contributed by atoms with Crippen LogP contribution in [0.15, 0.2) is 0 Å². The molecule has 1 rings (SSSR count). The van der Waals surface area contributed by atoms with Crippen LogP contribution in [0.5, 0.6) is 0 Å². The van der Waals surface area contributed by atoms with Gasteiger partial charge in [0.25, 0.3) is 0 Å². The molecule has 0 heteroatoms. The molecule has 0 nitrogen and oxygen atoms in total. The monoisotopic (exact) mass is 252 g/mol. The average molecular weight is 252 g/mol. The molecule has 4 atom stereocenters. The van der Waals surface area contributed by atoms with Crippen LogP contribution in [0, 0.1) is 29.6 Å². The lowest BCUT2D eigenvalue weighted by atomic mass is 9.73. The molecule has 4 unspecified atom stereocenters. The summed E-state index contributed by atoms with van der Waals surface area (Å²) in [6.07, 6.45) is 11.8. The highest BCUT2D eigenvalue weighted by atomic mass is 14.3. The Kier molecular flexibility index (Phi) is 7.34. The van der Waals surface area contributed by atoms with Gasteiger partial charge in [-0.1, -0.05) is 73.1 Å². The van der Waals surface area contributed by atoms with Crippen molar-refractivity contribution in [3.05, 3.63) is 0 Å². The summed E-state index contributed by atoms with van der Waals surface area (Å²) < 4.78 is 0. The molecule has 108 valence electrons. The van der Waals surface area contributed by atoms with Gasteiger partial charge in [-0.05, 0) is 42.4 Å². The van der Waals surface area contributed by atoms with Crippen LogP contribution in [-0.2, 0) is 0 Å². The molecule has 0 amide bonds. The van der Waals surface area contributed by atoms with Gasteiger partial charge < -0.3 is 0 Å². The van der Waals surface area contributed by atoms with Crippen LogP contribution in [0.3, 0.4) is 0 Å². The number of rotatable bonds is 7. The predicted molar refractivity (Wildman–Crippen MR) is 82.8 cm³/mol. The van der Waals surface area contributed by atoms with Crippen molar-refractivity contribution in [3.63, 3.8) is 0 Å². The molecule has 0 heterocycles. The van der Waals surface area contributed by atoms with Crippen molar-refractivity contribution >= 4 is 0 Å². The minimum atomic E-state index is 0.870. The van der Waals surface area contributed by atoms with E-state index in [9.17, 15) is 0 Å². The maximum atomic E-state index is 2.52. The van der Waals surface area contributed by atoms with E-state index >= 15 is 0 Å². The second-order valence-electron chi connectivity index (χ2n) is 7.49. The summed E-state index contributed by atoms with van der Waals surface area (Å²) in [5.74, 6) is 4.84. The highest BCUT2D eigenvalue weighted by Crippen LogP contribution is 2.37. The van der Waals surface area contributed by atoms with Crippen molar-refractivity contribution in [2.24, 2.45) is 29.6 Å². The zero-order valence-corrected chi connectivity index (χ0v) is 13.5. The zero-order chi connectivity index (χ0) is 13.5. The first-order valence-electron chi connectivity index (χ1n) is 8.52. The molecule has 0 saturated heterocycles. The van der Waals surface area contributed by atoms with Crippen LogP contribution < -0.4 is 0 Å². The summed E-state index contributed by atoms with van der Waals surface area (Å²) in [5.41, 5.74) is 0. The van der Waals surface area contributed by atoms with Gasteiger partial charge in [-0.25, -0.2) is 0 Å². The highest BCUT2D eigenvalue weighted by Gasteiger charge is 2.25. The molecule has 0 spiro atoms. The van der Waals surface area contributed by atoms with Crippen molar-refractivity contribution in [1.29, 1.82) is 0 Å². The number of hydrogen-bond donors (Lipinski definition) is 0. The maximum absolute atomic E-state index is 2.52. The molecule has 0 aromatic heterocycles. The largest absolute Gasteiger partial charge is 0.0651 e. The van der Waals surface area contributed by atoms with E-state index in [1.54, 1.807) is 0 Å². The SMILES string of the molecule is CCC1CCCC(C(C)CCC(C)CC(C)C)C1. The fraction of sp³-hybridized carbons (Fsp3) is 1.00. The Morgan fingerprint density at radius 1 is 1.00 bits per heavy atom. The van der Waals surface area contributed by atoms with Gasteiger partial charge in [0, 0.05) is 0 Å². The van der Waals surface area contributed by atoms with E-state index in [-0.39, 0.29) is 0 Å². The van der Waals surface area contributed by atoms with Gasteiger partial charge in [0.1, 0.15) is 0 Å². The molecular weight excluding hydrogens is 216 g/mol. The molecule has 0 aromatic carbocycles. The Labute approximate surface area is 116 Å². The molecule has 0 radical (unpaired) electrons. The Bertz CT molecular complexity index is 206. The topological polar surface area (TPSA) is 0 Å². The minimum Gasteiger partial charge on any atom is -0.0651 e. The number of hydrogen-bond acceptors (Lipinski definition) is 0. The predicted octanol–water partition coefficient (Wildman–Crippen LogP) is 6.30. The fourth-order valence-corrected chi connectivity index (χ4v) is 3.93. The van der Waals surface area contributed by atoms with Crippen LogP contribution in [-0.4, -0.2) is 0 Å². The Morgan fingerprint density at radius 2 is 1.72 bits per heavy atom. The van der Waals surface area contributed by atoms with E-state index in [4.69, 9.17) is 0 Å². The lowest BCUT2D eigenvalue weighted by molar-refractivity contribution is 0.186. The van der Waals surface area contributed by atoms with E-state index < -0.39 is 0 Å². The van der Waals surface area contributed by atoms with Crippen LogP contribution in [0.4, 0.5) is 0 Å². The summed E-state index contributed by atoms with van der Waals surface area (Å²) in [6, 6.07) is 0. The second kappa shape index (κ2) is 8.23. The summed E-state index contributed by atoms with van der Waals surface area (Å²) in [5, 5.41) is 0. The summed E-state index contributed by atoms with van der Waals surface area (Å²) in [7, 11) is 0. The van der Waals surface area contributed by atoms with Crippen LogP contribution >= 0.6 is 0 Å². The smallest absolute Gasteiger partial charge is 0.0386 e. The van der Waals surface area contributed by atoms with Crippen molar-refractivity contribution in [2.45, 2.75) is 86.0 Å². The molecule has 0 aromatic rings. The third kappa shape index (κ3) is 5.76. The molecule has 0 N–H and O–H groups in total. The van der Waals surface area contributed by atoms with Gasteiger partial charge in [-0.15, -0.1) is 0 Å². The first-order valence-corrected chi connectivity index (χ1v) is 8.52. The summed E-state index contributed by atoms with van der Waals surface area (Å²) in [4.78, 5) is 0. The van der Waals surface area contributed by atoms with E-state index in [1.807, 2.05) is 0 Å². The van der Waals surface area contributed by atoms with Gasteiger partial charge >= 0.3 is 0 Å². The van der Waals surface area contributed by atoms with Gasteiger partial charge in [-0.2, -0.15) is 0 Å². The third-order valence-corrected chi connectivity index (χ3v) is 5.19. The molecule has 1 aliphatic rings. The summed E-state index contributed by atoms with van der Waals surface area (Å²) >= 11 is 0. The van der Waals surface area contributed by atoms with Crippen molar-refractivity contribution in [2.75, 3.05) is 0 Å². The molecular formula is C18H36. The van der Waals surface area contributed by atoms with E-state index in [1.165, 1.54) is 51.4 Å². The van der Waals surface area contributed by atoms with Crippen LogP contribution in [0.25, 0.3) is 0 Å². The summed E-state index contributed by atoms with van der Waals surface area (Å²) in [6.45, 7) is 12.1. The van der Waals surface area contributed by atoms with Crippen molar-refractivity contribution < 1.29 is 0 Å². The third-order valence-electron chi connectivity index (χ3n) is 5.19. The average Bonchev–Trinajstić information content (AvgIpc) is 2.35. The first-order chi connectivity index (χ1) is 8.52.